The fourth-order valence-corrected chi connectivity index (χ4v) is 4.99. The van der Waals surface area contributed by atoms with Gasteiger partial charge < -0.3 is 9.30 Å². The van der Waals surface area contributed by atoms with Gasteiger partial charge in [0.2, 0.25) is 0 Å². The number of methoxy groups -OCH3 is 1. The Morgan fingerprint density at radius 1 is 1.10 bits per heavy atom. The number of benzene rings is 1. The maximum Gasteiger partial charge on any atom is 0.262 e. The van der Waals surface area contributed by atoms with Crippen LogP contribution in [0, 0.1) is 18.8 Å². The minimum atomic E-state index is -0.0353. The van der Waals surface area contributed by atoms with Crippen molar-refractivity contribution in [2.24, 2.45) is 11.8 Å². The summed E-state index contributed by atoms with van der Waals surface area (Å²) < 4.78 is 9.22. The molecule has 7 heteroatoms. The van der Waals surface area contributed by atoms with Crippen molar-refractivity contribution in [3.05, 3.63) is 52.7 Å². The summed E-state index contributed by atoms with van der Waals surface area (Å²) in [5, 5.41) is 5.12. The van der Waals surface area contributed by atoms with E-state index in [2.05, 4.69) is 28.9 Å². The van der Waals surface area contributed by atoms with Gasteiger partial charge in [-0.1, -0.05) is 38.8 Å². The highest BCUT2D eigenvalue weighted by molar-refractivity contribution is 5.94. The fourth-order valence-electron chi connectivity index (χ4n) is 4.99. The smallest absolute Gasteiger partial charge is 0.262 e. The molecule has 160 valence electrons. The van der Waals surface area contributed by atoms with Gasteiger partial charge in [-0.25, -0.2) is 4.98 Å². The Labute approximate surface area is 180 Å². The van der Waals surface area contributed by atoms with E-state index in [-0.39, 0.29) is 11.6 Å². The molecule has 0 bridgehead atoms. The van der Waals surface area contributed by atoms with E-state index in [1.54, 1.807) is 11.6 Å². The molecule has 0 saturated heterocycles. The van der Waals surface area contributed by atoms with Crippen LogP contribution in [0.5, 0.6) is 5.75 Å². The van der Waals surface area contributed by atoms with Crippen LogP contribution < -0.4 is 10.3 Å². The van der Waals surface area contributed by atoms with Crippen LogP contribution in [0.2, 0.25) is 0 Å². The van der Waals surface area contributed by atoms with Crippen LogP contribution >= 0.6 is 0 Å². The van der Waals surface area contributed by atoms with Gasteiger partial charge in [0.1, 0.15) is 11.6 Å². The lowest BCUT2D eigenvalue weighted by Gasteiger charge is -2.35. The molecule has 5 rings (SSSR count). The lowest BCUT2D eigenvalue weighted by atomic mass is 9.78. The Balaban J connectivity index is 1.87. The highest BCUT2D eigenvalue weighted by Gasteiger charge is 2.30. The van der Waals surface area contributed by atoms with Gasteiger partial charge in [-0.3, -0.25) is 4.79 Å². The van der Waals surface area contributed by atoms with Crippen LogP contribution in [0.15, 0.2) is 41.3 Å². The largest absolute Gasteiger partial charge is 0.496 e. The highest BCUT2D eigenvalue weighted by Crippen LogP contribution is 2.38. The third kappa shape index (κ3) is 3.10. The second-order valence-electron chi connectivity index (χ2n) is 8.65. The minimum Gasteiger partial charge on any atom is -0.496 e. The van der Waals surface area contributed by atoms with E-state index in [1.165, 1.54) is 6.42 Å². The van der Waals surface area contributed by atoms with E-state index >= 15 is 0 Å². The van der Waals surface area contributed by atoms with E-state index in [0.717, 1.165) is 18.4 Å². The first kappa shape index (κ1) is 19.7. The van der Waals surface area contributed by atoms with Gasteiger partial charge in [0.05, 0.1) is 23.7 Å². The number of pyridine rings is 1. The first-order chi connectivity index (χ1) is 15.0. The van der Waals surface area contributed by atoms with Gasteiger partial charge in [0.25, 0.3) is 11.3 Å². The molecule has 4 aromatic rings. The first-order valence-corrected chi connectivity index (χ1v) is 10.9. The van der Waals surface area contributed by atoms with Crippen molar-refractivity contribution in [2.75, 3.05) is 7.11 Å². The topological polar surface area (TPSA) is 74.3 Å². The van der Waals surface area contributed by atoms with Crippen LogP contribution in [-0.2, 0) is 0 Å². The van der Waals surface area contributed by atoms with Crippen molar-refractivity contribution in [2.45, 2.75) is 46.1 Å². The molecule has 3 atom stereocenters. The van der Waals surface area contributed by atoms with Crippen molar-refractivity contribution in [1.29, 1.82) is 0 Å². The summed E-state index contributed by atoms with van der Waals surface area (Å²) in [4.78, 5) is 23.1. The molecule has 1 saturated carbocycles. The van der Waals surface area contributed by atoms with Gasteiger partial charge >= 0.3 is 0 Å². The van der Waals surface area contributed by atoms with Gasteiger partial charge in [0, 0.05) is 17.8 Å². The Morgan fingerprint density at radius 3 is 2.71 bits per heavy atom. The van der Waals surface area contributed by atoms with E-state index in [9.17, 15) is 4.79 Å². The monoisotopic (exact) mass is 417 g/mol. The maximum atomic E-state index is 13.9. The molecule has 0 N–H and O–H groups in total. The van der Waals surface area contributed by atoms with Crippen LogP contribution in [0.4, 0.5) is 0 Å². The summed E-state index contributed by atoms with van der Waals surface area (Å²) >= 11 is 0. The van der Waals surface area contributed by atoms with Gasteiger partial charge in [-0.05, 0) is 43.4 Å². The van der Waals surface area contributed by atoms with Crippen molar-refractivity contribution in [3.63, 3.8) is 0 Å². The van der Waals surface area contributed by atoms with Crippen LogP contribution in [0.25, 0.3) is 27.9 Å². The molecule has 1 aliphatic carbocycles. The van der Waals surface area contributed by atoms with Crippen LogP contribution in [0.1, 0.15) is 45.0 Å². The second-order valence-corrected chi connectivity index (χ2v) is 8.65. The number of rotatable bonds is 3. The number of hydrogen-bond donors (Lipinski definition) is 0. The van der Waals surface area contributed by atoms with Crippen molar-refractivity contribution in [1.82, 2.24) is 24.1 Å². The summed E-state index contributed by atoms with van der Waals surface area (Å²) in [5.74, 6) is 2.79. The average molecular weight is 418 g/mol. The lowest BCUT2D eigenvalue weighted by molar-refractivity contribution is 0.183. The van der Waals surface area contributed by atoms with Crippen molar-refractivity contribution >= 4 is 16.7 Å². The minimum absolute atomic E-state index is 0.0353. The van der Waals surface area contributed by atoms with E-state index in [0.29, 0.717) is 45.8 Å². The fraction of sp³-hybridized carbons (Fsp3) is 0.417. The van der Waals surface area contributed by atoms with Gasteiger partial charge in [-0.2, -0.15) is 9.50 Å². The van der Waals surface area contributed by atoms with Crippen LogP contribution in [0.3, 0.4) is 0 Å². The quantitative estimate of drug-likeness (QED) is 0.493. The standard InChI is InChI=1S/C24H27N5O2/c1-14-8-7-10-19(15(14)2)28-13-12-18-21(23(28)30)22(17-9-5-6-11-20(17)31-4)29-24(26-18)25-16(3)27-29/h5-6,9,11-15,19H,7-8,10H2,1-4H3/t14-,15-,19-/m0/s1. The summed E-state index contributed by atoms with van der Waals surface area (Å²) in [6, 6.07) is 9.81. The molecule has 0 spiro atoms. The zero-order chi connectivity index (χ0) is 21.7. The third-order valence-corrected chi connectivity index (χ3v) is 6.85. The molecule has 7 nitrogen and oxygen atoms in total. The van der Waals surface area contributed by atoms with Gasteiger partial charge in [-0.15, -0.1) is 5.10 Å². The summed E-state index contributed by atoms with van der Waals surface area (Å²) in [6.45, 7) is 6.37. The molecule has 3 heterocycles. The highest BCUT2D eigenvalue weighted by atomic mass is 16.5. The lowest BCUT2D eigenvalue weighted by Crippen LogP contribution is -2.33. The van der Waals surface area contributed by atoms with Crippen molar-refractivity contribution in [3.8, 4) is 17.0 Å². The molecule has 3 aromatic heterocycles. The number of aromatic nitrogens is 5. The molecule has 0 radical (unpaired) electrons. The molecule has 31 heavy (non-hydrogen) atoms. The predicted molar refractivity (Wildman–Crippen MR) is 120 cm³/mol. The first-order valence-electron chi connectivity index (χ1n) is 10.9. The van der Waals surface area contributed by atoms with Crippen molar-refractivity contribution < 1.29 is 4.74 Å². The molecule has 1 aliphatic rings. The number of nitrogens with zero attached hydrogens (tertiary/aromatic N) is 5. The normalized spacial score (nSPS) is 21.6. The van der Waals surface area contributed by atoms with E-state index < -0.39 is 0 Å². The molecule has 1 aromatic carbocycles. The molecule has 0 unspecified atom stereocenters. The molecule has 1 fully saturated rings. The average Bonchev–Trinajstić information content (AvgIpc) is 3.14. The molecular weight excluding hydrogens is 390 g/mol. The number of para-hydroxylation sites is 1. The number of aryl methyl sites for hydroxylation is 1. The summed E-state index contributed by atoms with van der Waals surface area (Å²) in [6.07, 6.45) is 5.27. The summed E-state index contributed by atoms with van der Waals surface area (Å²) in [7, 11) is 1.63. The SMILES string of the molecule is COc1ccccc1-c1c2c(=O)n([C@H]3CCC[C@H](C)[C@@H]3C)ccc2nc2nc(C)nn12. The second kappa shape index (κ2) is 7.48. The number of fused-ring (bicyclic) bond motifs is 2. The maximum absolute atomic E-state index is 13.9. The third-order valence-electron chi connectivity index (χ3n) is 6.85. The Morgan fingerprint density at radius 2 is 1.90 bits per heavy atom. The predicted octanol–water partition coefficient (Wildman–Crippen LogP) is 4.42. The Bertz CT molecular complexity index is 1340. The summed E-state index contributed by atoms with van der Waals surface area (Å²) in [5.41, 5.74) is 2.06. The molecule has 0 amide bonds. The Kier molecular flexibility index (Phi) is 4.76. The van der Waals surface area contributed by atoms with Crippen LogP contribution in [-0.4, -0.2) is 31.3 Å². The van der Waals surface area contributed by atoms with E-state index in [4.69, 9.17) is 4.74 Å². The van der Waals surface area contributed by atoms with E-state index in [1.807, 2.05) is 48.0 Å². The zero-order valence-electron chi connectivity index (χ0n) is 18.4. The number of hydrogen-bond acceptors (Lipinski definition) is 5. The van der Waals surface area contributed by atoms with Gasteiger partial charge in [0.15, 0.2) is 0 Å². The Hall–Kier alpha value is -3.22. The molecule has 0 aliphatic heterocycles. The molecular formula is C24H27N5O2. The zero-order valence-corrected chi connectivity index (χ0v) is 18.4. The number of ether oxygens (including phenoxy) is 1.